The fraction of sp³-hybridized carbons (Fsp3) is 0.500. The van der Waals surface area contributed by atoms with E-state index in [1.165, 1.54) is 13.8 Å². The molecule has 110 valence electrons. The van der Waals surface area contributed by atoms with Crippen LogP contribution in [0.15, 0.2) is 12.1 Å². The molecule has 0 fully saturated rings. The van der Waals surface area contributed by atoms with Crippen LogP contribution in [0.2, 0.25) is 0 Å². The van der Waals surface area contributed by atoms with Crippen molar-refractivity contribution in [3.05, 3.63) is 23.3 Å². The van der Waals surface area contributed by atoms with Gasteiger partial charge in [-0.25, -0.2) is 4.39 Å². The second-order valence-electron chi connectivity index (χ2n) is 5.31. The molecule has 3 N–H and O–H groups in total. The predicted octanol–water partition coefficient (Wildman–Crippen LogP) is 2.48. The molecular weight excluding hydrogens is 265 g/mol. The summed E-state index contributed by atoms with van der Waals surface area (Å²) in [7, 11) is 0. The first-order valence-corrected chi connectivity index (χ1v) is 6.39. The van der Waals surface area contributed by atoms with E-state index in [4.69, 9.17) is 20.3 Å². The summed E-state index contributed by atoms with van der Waals surface area (Å²) in [6.07, 6.45) is 0.196. The fourth-order valence-electron chi connectivity index (χ4n) is 2.09. The number of carboxylic acids is 1. The minimum atomic E-state index is -1.54. The van der Waals surface area contributed by atoms with Gasteiger partial charge in [0.25, 0.3) is 0 Å². The van der Waals surface area contributed by atoms with Crippen molar-refractivity contribution in [2.45, 2.75) is 38.4 Å². The molecule has 5 nitrogen and oxygen atoms in total. The molecule has 0 aliphatic carbocycles. The number of ether oxygens (including phenoxy) is 2. The zero-order valence-electron chi connectivity index (χ0n) is 11.5. The van der Waals surface area contributed by atoms with Gasteiger partial charge in [-0.1, -0.05) is 0 Å². The van der Waals surface area contributed by atoms with E-state index in [0.717, 1.165) is 0 Å². The van der Waals surface area contributed by atoms with Crippen LogP contribution < -0.4 is 15.2 Å². The Labute approximate surface area is 116 Å². The summed E-state index contributed by atoms with van der Waals surface area (Å²) in [5.41, 5.74) is 5.49. The summed E-state index contributed by atoms with van der Waals surface area (Å²) in [4.78, 5) is 10.6. The molecule has 6 heteroatoms. The molecule has 1 heterocycles. The third kappa shape index (κ3) is 3.01. The molecule has 20 heavy (non-hydrogen) atoms. The van der Waals surface area contributed by atoms with Crippen molar-refractivity contribution in [3.63, 3.8) is 0 Å². The van der Waals surface area contributed by atoms with Gasteiger partial charge in [0.1, 0.15) is 5.67 Å². The number of aliphatic carboxylic acids is 1. The summed E-state index contributed by atoms with van der Waals surface area (Å²) >= 11 is 0. The zero-order chi connectivity index (χ0) is 14.9. The second-order valence-corrected chi connectivity index (χ2v) is 5.31. The molecule has 0 saturated heterocycles. The van der Waals surface area contributed by atoms with Gasteiger partial charge < -0.3 is 20.3 Å². The Balaban J connectivity index is 2.36. The number of alkyl halides is 1. The maximum Gasteiger partial charge on any atom is 0.303 e. The third-order valence-corrected chi connectivity index (χ3v) is 3.26. The van der Waals surface area contributed by atoms with Crippen molar-refractivity contribution in [3.8, 4) is 11.5 Å². The van der Waals surface area contributed by atoms with Crippen LogP contribution in [0.3, 0.4) is 0 Å². The first kappa shape index (κ1) is 14.6. The summed E-state index contributed by atoms with van der Waals surface area (Å²) < 4.78 is 24.8. The SMILES string of the molecule is CC(C)(F)c1cc2c(c(C(N)CCC(=O)O)c1)OCO2. The van der Waals surface area contributed by atoms with Crippen LogP contribution in [0.1, 0.15) is 43.9 Å². The van der Waals surface area contributed by atoms with E-state index in [9.17, 15) is 9.18 Å². The number of rotatable bonds is 5. The smallest absolute Gasteiger partial charge is 0.303 e. The minimum Gasteiger partial charge on any atom is -0.481 e. The quantitative estimate of drug-likeness (QED) is 0.867. The van der Waals surface area contributed by atoms with E-state index in [2.05, 4.69) is 0 Å². The number of carboxylic acid groups (broad SMARTS) is 1. The Kier molecular flexibility index (Phi) is 3.85. The Morgan fingerprint density at radius 2 is 2.20 bits per heavy atom. The number of nitrogens with two attached hydrogens (primary N) is 1. The number of carbonyl (C=O) groups is 1. The molecule has 0 aromatic heterocycles. The number of fused-ring (bicyclic) bond motifs is 1. The highest BCUT2D eigenvalue weighted by Crippen LogP contribution is 2.43. The summed E-state index contributed by atoms with van der Waals surface area (Å²) in [6, 6.07) is 2.68. The molecule has 0 radical (unpaired) electrons. The van der Waals surface area contributed by atoms with Crippen molar-refractivity contribution in [1.82, 2.24) is 0 Å². The molecule has 1 aromatic rings. The van der Waals surface area contributed by atoms with Crippen molar-refractivity contribution in [1.29, 1.82) is 0 Å². The van der Waals surface area contributed by atoms with Crippen LogP contribution in [0.5, 0.6) is 11.5 Å². The van der Waals surface area contributed by atoms with Crippen molar-refractivity contribution in [2.75, 3.05) is 6.79 Å². The average Bonchev–Trinajstić information content (AvgIpc) is 2.81. The Morgan fingerprint density at radius 1 is 1.50 bits per heavy atom. The van der Waals surface area contributed by atoms with Crippen LogP contribution in [0.4, 0.5) is 4.39 Å². The van der Waals surface area contributed by atoms with Gasteiger partial charge in [0.2, 0.25) is 6.79 Å². The van der Waals surface area contributed by atoms with Gasteiger partial charge in [0.15, 0.2) is 11.5 Å². The van der Waals surface area contributed by atoms with Crippen molar-refractivity contribution in [2.24, 2.45) is 5.73 Å². The van der Waals surface area contributed by atoms with E-state index >= 15 is 0 Å². The molecule has 1 atom stereocenters. The van der Waals surface area contributed by atoms with Gasteiger partial charge in [0.05, 0.1) is 0 Å². The van der Waals surface area contributed by atoms with Gasteiger partial charge in [-0.3, -0.25) is 4.79 Å². The lowest BCUT2D eigenvalue weighted by molar-refractivity contribution is -0.137. The van der Waals surface area contributed by atoms with Crippen LogP contribution in [-0.2, 0) is 10.5 Å². The first-order chi connectivity index (χ1) is 9.29. The summed E-state index contributed by atoms with van der Waals surface area (Å²) in [6.45, 7) is 2.94. The summed E-state index contributed by atoms with van der Waals surface area (Å²) in [5.74, 6) is 0.0149. The number of benzene rings is 1. The molecule has 1 aliphatic rings. The average molecular weight is 283 g/mol. The van der Waals surface area contributed by atoms with E-state index in [1.54, 1.807) is 12.1 Å². The predicted molar refractivity (Wildman–Crippen MR) is 70.5 cm³/mol. The lowest BCUT2D eigenvalue weighted by Crippen LogP contribution is -2.15. The minimum absolute atomic E-state index is 0.0555. The van der Waals surface area contributed by atoms with Gasteiger partial charge in [-0.15, -0.1) is 0 Å². The molecule has 0 bridgehead atoms. The lowest BCUT2D eigenvalue weighted by atomic mass is 9.93. The molecule has 2 rings (SSSR count). The molecular formula is C14H18FNO4. The van der Waals surface area contributed by atoms with E-state index in [-0.39, 0.29) is 19.6 Å². The standard InChI is InChI=1S/C14H18FNO4/c1-14(2,15)8-5-9(10(16)3-4-12(17)18)13-11(6-8)19-7-20-13/h5-6,10H,3-4,7,16H2,1-2H3,(H,17,18). The first-order valence-electron chi connectivity index (χ1n) is 6.39. The molecule has 1 aliphatic heterocycles. The monoisotopic (exact) mass is 283 g/mol. The van der Waals surface area contributed by atoms with E-state index in [0.29, 0.717) is 22.6 Å². The maximum absolute atomic E-state index is 14.1. The second kappa shape index (κ2) is 5.28. The largest absolute Gasteiger partial charge is 0.481 e. The summed E-state index contributed by atoms with van der Waals surface area (Å²) in [5, 5.41) is 8.72. The fourth-order valence-corrected chi connectivity index (χ4v) is 2.09. The number of halogens is 1. The molecule has 1 aromatic carbocycles. The zero-order valence-corrected chi connectivity index (χ0v) is 11.5. The third-order valence-electron chi connectivity index (χ3n) is 3.26. The Bertz CT molecular complexity index is 525. The molecule has 0 saturated carbocycles. The molecule has 0 amide bonds. The Morgan fingerprint density at radius 3 is 2.80 bits per heavy atom. The van der Waals surface area contributed by atoms with Crippen molar-refractivity contribution >= 4 is 5.97 Å². The Hall–Kier alpha value is -1.82. The lowest BCUT2D eigenvalue weighted by Gasteiger charge is -2.20. The molecule has 0 spiro atoms. The normalized spacial score (nSPS) is 15.2. The number of hydrogen-bond acceptors (Lipinski definition) is 4. The van der Waals surface area contributed by atoms with Crippen LogP contribution in [0.25, 0.3) is 0 Å². The van der Waals surface area contributed by atoms with Gasteiger partial charge in [0, 0.05) is 18.0 Å². The highest BCUT2D eigenvalue weighted by atomic mass is 19.1. The maximum atomic E-state index is 14.1. The number of hydrogen-bond donors (Lipinski definition) is 2. The van der Waals surface area contributed by atoms with E-state index in [1.807, 2.05) is 0 Å². The van der Waals surface area contributed by atoms with Gasteiger partial charge in [-0.05, 0) is 38.0 Å². The van der Waals surface area contributed by atoms with Crippen LogP contribution in [0, 0.1) is 0 Å². The topological polar surface area (TPSA) is 81.8 Å². The van der Waals surface area contributed by atoms with Gasteiger partial charge in [-0.2, -0.15) is 0 Å². The van der Waals surface area contributed by atoms with E-state index < -0.39 is 17.7 Å². The van der Waals surface area contributed by atoms with Crippen LogP contribution in [-0.4, -0.2) is 17.9 Å². The highest BCUT2D eigenvalue weighted by Gasteiger charge is 2.28. The van der Waals surface area contributed by atoms with Crippen LogP contribution >= 0.6 is 0 Å². The van der Waals surface area contributed by atoms with Crippen molar-refractivity contribution < 1.29 is 23.8 Å². The van der Waals surface area contributed by atoms with Gasteiger partial charge >= 0.3 is 5.97 Å². The highest BCUT2D eigenvalue weighted by molar-refractivity contribution is 5.66. The molecule has 1 unspecified atom stereocenters.